The molecule has 1 unspecified atom stereocenters. The molecule has 132 valence electrons. The van der Waals surface area contributed by atoms with E-state index in [9.17, 15) is 14.7 Å². The number of pyridine rings is 1. The molecule has 1 N–H and O–H groups in total. The van der Waals surface area contributed by atoms with Gasteiger partial charge >= 0.3 is 6.09 Å². The van der Waals surface area contributed by atoms with E-state index in [1.54, 1.807) is 30.3 Å². The van der Waals surface area contributed by atoms with Gasteiger partial charge in [0.2, 0.25) is 0 Å². The lowest BCUT2D eigenvalue weighted by Crippen LogP contribution is -2.43. The maximum atomic E-state index is 13.2. The number of hydrogen-bond acceptors (Lipinski definition) is 4. The second-order valence-corrected chi connectivity index (χ2v) is 6.25. The summed E-state index contributed by atoms with van der Waals surface area (Å²) >= 11 is 6.25. The molecule has 1 aromatic heterocycles. The zero-order valence-electron chi connectivity index (χ0n) is 13.7. The van der Waals surface area contributed by atoms with Crippen molar-refractivity contribution >= 4 is 29.4 Å². The third kappa shape index (κ3) is 3.46. The van der Waals surface area contributed by atoms with Crippen LogP contribution in [0.2, 0.25) is 5.02 Å². The number of benzene rings is 1. The van der Waals surface area contributed by atoms with Crippen LogP contribution in [0.15, 0.2) is 42.6 Å². The number of nitrogens with zero attached hydrogens (tertiary/aromatic N) is 4. The Morgan fingerprint density at radius 2 is 2.15 bits per heavy atom. The van der Waals surface area contributed by atoms with Crippen LogP contribution in [0, 0.1) is 11.3 Å². The lowest BCUT2D eigenvalue weighted by molar-refractivity contribution is 0.0974. The average molecular weight is 371 g/mol. The Hall–Kier alpha value is -3.11. The maximum Gasteiger partial charge on any atom is 0.407 e. The summed E-state index contributed by atoms with van der Waals surface area (Å²) in [6, 6.07) is 11.2. The number of hydrogen-bond donors (Lipinski definition) is 1. The fourth-order valence-electron chi connectivity index (χ4n) is 2.98. The quantitative estimate of drug-likeness (QED) is 0.895. The molecule has 1 saturated heterocycles. The van der Waals surface area contributed by atoms with E-state index in [1.807, 2.05) is 6.07 Å². The van der Waals surface area contributed by atoms with Gasteiger partial charge in [-0.05, 0) is 36.8 Å². The first kappa shape index (κ1) is 17.7. The highest BCUT2D eigenvalue weighted by molar-refractivity contribution is 6.33. The Labute approximate surface area is 155 Å². The number of likely N-dealkylation sites (tertiary alicyclic amines) is 1. The van der Waals surface area contributed by atoms with Gasteiger partial charge < -0.3 is 10.0 Å². The maximum absolute atomic E-state index is 13.2. The van der Waals surface area contributed by atoms with E-state index in [4.69, 9.17) is 16.9 Å². The molecule has 26 heavy (non-hydrogen) atoms. The molecule has 1 aliphatic heterocycles. The van der Waals surface area contributed by atoms with Crippen molar-refractivity contribution in [1.82, 2.24) is 9.88 Å². The van der Waals surface area contributed by atoms with Gasteiger partial charge in [-0.25, -0.2) is 9.78 Å². The van der Waals surface area contributed by atoms with Gasteiger partial charge in [-0.1, -0.05) is 17.7 Å². The van der Waals surface area contributed by atoms with Crippen molar-refractivity contribution in [3.05, 3.63) is 58.7 Å². The molecule has 1 fully saturated rings. The standard InChI is InChI=1S/C18H15ClN4O3/c19-15-5-2-7-21-16(15)23(14-6-8-22(11-14)18(25)26)17(24)13-4-1-3-12(9-13)10-20/h1-5,7,9,14H,6,8,11H2,(H,25,26). The summed E-state index contributed by atoms with van der Waals surface area (Å²) in [5.41, 5.74) is 0.682. The molecule has 0 saturated carbocycles. The molecule has 1 aliphatic rings. The van der Waals surface area contributed by atoms with E-state index in [0.717, 1.165) is 0 Å². The number of amides is 2. The van der Waals surface area contributed by atoms with E-state index in [-0.39, 0.29) is 18.3 Å². The van der Waals surface area contributed by atoms with Crippen molar-refractivity contribution in [3.8, 4) is 6.07 Å². The fraction of sp³-hybridized carbons (Fsp3) is 0.222. The lowest BCUT2D eigenvalue weighted by atomic mass is 10.1. The van der Waals surface area contributed by atoms with Gasteiger partial charge in [-0.15, -0.1) is 0 Å². The summed E-state index contributed by atoms with van der Waals surface area (Å²) in [6.45, 7) is 0.498. The molecule has 1 aromatic carbocycles. The molecule has 3 rings (SSSR count). The number of rotatable bonds is 3. The Kier molecular flexibility index (Phi) is 5.05. The van der Waals surface area contributed by atoms with Crippen molar-refractivity contribution in [2.75, 3.05) is 18.0 Å². The van der Waals surface area contributed by atoms with Crippen LogP contribution in [0.3, 0.4) is 0 Å². The van der Waals surface area contributed by atoms with Crippen LogP contribution >= 0.6 is 11.6 Å². The number of carbonyl (C=O) groups excluding carboxylic acids is 1. The van der Waals surface area contributed by atoms with Gasteiger partial charge in [-0.3, -0.25) is 9.69 Å². The van der Waals surface area contributed by atoms with Crippen molar-refractivity contribution in [2.45, 2.75) is 12.5 Å². The zero-order valence-corrected chi connectivity index (χ0v) is 14.4. The molecular weight excluding hydrogens is 356 g/mol. The minimum absolute atomic E-state index is 0.173. The molecule has 8 heteroatoms. The van der Waals surface area contributed by atoms with Crippen molar-refractivity contribution in [2.24, 2.45) is 0 Å². The second kappa shape index (κ2) is 7.42. The SMILES string of the molecule is N#Cc1cccc(C(=O)N(c2ncccc2Cl)C2CCN(C(=O)O)C2)c1. The third-order valence-electron chi connectivity index (χ3n) is 4.22. The molecular formula is C18H15ClN4O3. The summed E-state index contributed by atoms with van der Waals surface area (Å²) in [5, 5.41) is 18.6. The summed E-state index contributed by atoms with van der Waals surface area (Å²) in [4.78, 5) is 31.3. The Morgan fingerprint density at radius 1 is 1.35 bits per heavy atom. The zero-order chi connectivity index (χ0) is 18.7. The monoisotopic (exact) mass is 370 g/mol. The number of nitriles is 1. The van der Waals surface area contributed by atoms with Crippen LogP contribution in [-0.2, 0) is 0 Å². The lowest BCUT2D eigenvalue weighted by Gasteiger charge is -2.28. The van der Waals surface area contributed by atoms with Crippen molar-refractivity contribution in [1.29, 1.82) is 5.26 Å². The number of aromatic nitrogens is 1. The highest BCUT2D eigenvalue weighted by Crippen LogP contribution is 2.29. The summed E-state index contributed by atoms with van der Waals surface area (Å²) in [7, 11) is 0. The summed E-state index contributed by atoms with van der Waals surface area (Å²) in [6.07, 6.45) is 0.971. The number of carboxylic acid groups (broad SMARTS) is 1. The second-order valence-electron chi connectivity index (χ2n) is 5.85. The first-order valence-electron chi connectivity index (χ1n) is 7.93. The third-order valence-corrected chi connectivity index (χ3v) is 4.52. The molecule has 2 amide bonds. The highest BCUT2D eigenvalue weighted by atomic mass is 35.5. The molecule has 0 spiro atoms. The van der Waals surface area contributed by atoms with Crippen LogP contribution in [-0.4, -0.2) is 46.1 Å². The fourth-order valence-corrected chi connectivity index (χ4v) is 3.19. The van der Waals surface area contributed by atoms with Gasteiger partial charge in [0.05, 0.1) is 22.7 Å². The van der Waals surface area contributed by atoms with Gasteiger partial charge in [-0.2, -0.15) is 5.26 Å². The summed E-state index contributed by atoms with van der Waals surface area (Å²) in [5.74, 6) is -0.0984. The molecule has 0 aliphatic carbocycles. The van der Waals surface area contributed by atoms with Gasteiger partial charge in [0.25, 0.3) is 5.91 Å². The minimum Gasteiger partial charge on any atom is -0.465 e. The smallest absolute Gasteiger partial charge is 0.407 e. The van der Waals surface area contributed by atoms with Crippen LogP contribution in [0.4, 0.5) is 10.6 Å². The van der Waals surface area contributed by atoms with Gasteiger partial charge in [0.15, 0.2) is 5.82 Å². The van der Waals surface area contributed by atoms with E-state index in [1.165, 1.54) is 22.1 Å². The average Bonchev–Trinajstić information content (AvgIpc) is 3.13. The van der Waals surface area contributed by atoms with Crippen LogP contribution in [0.25, 0.3) is 0 Å². The Bertz CT molecular complexity index is 896. The topological polar surface area (TPSA) is 97.5 Å². The van der Waals surface area contributed by atoms with E-state index in [2.05, 4.69) is 4.98 Å². The van der Waals surface area contributed by atoms with Gasteiger partial charge in [0, 0.05) is 24.8 Å². The van der Waals surface area contributed by atoms with E-state index < -0.39 is 12.1 Å². The first-order chi connectivity index (χ1) is 12.5. The minimum atomic E-state index is -1.03. The van der Waals surface area contributed by atoms with Crippen LogP contribution in [0.5, 0.6) is 0 Å². The Morgan fingerprint density at radius 3 is 2.81 bits per heavy atom. The number of halogens is 1. The number of anilines is 1. The largest absolute Gasteiger partial charge is 0.465 e. The predicted molar refractivity (Wildman–Crippen MR) is 95.2 cm³/mol. The van der Waals surface area contributed by atoms with Crippen LogP contribution in [0.1, 0.15) is 22.3 Å². The van der Waals surface area contributed by atoms with Crippen molar-refractivity contribution < 1.29 is 14.7 Å². The van der Waals surface area contributed by atoms with Crippen LogP contribution < -0.4 is 4.90 Å². The van der Waals surface area contributed by atoms with E-state index in [0.29, 0.717) is 29.1 Å². The Balaban J connectivity index is 2.01. The molecule has 7 nitrogen and oxygen atoms in total. The normalized spacial score (nSPS) is 16.2. The van der Waals surface area contributed by atoms with Gasteiger partial charge in [0.1, 0.15) is 0 Å². The predicted octanol–water partition coefficient (Wildman–Crippen LogP) is 3.01. The molecule has 2 aromatic rings. The van der Waals surface area contributed by atoms with E-state index >= 15 is 0 Å². The summed E-state index contributed by atoms with van der Waals surface area (Å²) < 4.78 is 0. The number of carbonyl (C=O) groups is 2. The first-order valence-corrected chi connectivity index (χ1v) is 8.31. The highest BCUT2D eigenvalue weighted by Gasteiger charge is 2.35. The molecule has 2 heterocycles. The molecule has 1 atom stereocenters. The molecule has 0 bridgehead atoms. The van der Waals surface area contributed by atoms with Crippen molar-refractivity contribution in [3.63, 3.8) is 0 Å². The molecule has 0 radical (unpaired) electrons.